The fraction of sp³-hybridized carbons (Fsp3) is 0.500. The van der Waals surface area contributed by atoms with Crippen LogP contribution in [0.4, 0.5) is 5.69 Å². The lowest BCUT2D eigenvalue weighted by molar-refractivity contribution is 0.0909. The highest BCUT2D eigenvalue weighted by atomic mass is 16.1. The van der Waals surface area contributed by atoms with Gasteiger partial charge in [-0.25, -0.2) is 0 Å². The number of nitrogens with one attached hydrogen (secondary N) is 1. The SMILES string of the molecule is Cc1cccc(N)c1C(=O)NC(C)C1CCC1. The lowest BCUT2D eigenvalue weighted by Gasteiger charge is -2.32. The monoisotopic (exact) mass is 232 g/mol. The van der Waals surface area contributed by atoms with E-state index in [-0.39, 0.29) is 11.9 Å². The summed E-state index contributed by atoms with van der Waals surface area (Å²) in [6, 6.07) is 5.81. The molecular weight excluding hydrogens is 212 g/mol. The van der Waals surface area contributed by atoms with Crippen molar-refractivity contribution in [3.05, 3.63) is 29.3 Å². The largest absolute Gasteiger partial charge is 0.398 e. The summed E-state index contributed by atoms with van der Waals surface area (Å²) in [5, 5.41) is 3.06. The van der Waals surface area contributed by atoms with Crippen LogP contribution in [0, 0.1) is 12.8 Å². The molecule has 1 atom stereocenters. The van der Waals surface area contributed by atoms with Gasteiger partial charge in [0, 0.05) is 11.7 Å². The van der Waals surface area contributed by atoms with Gasteiger partial charge in [-0.15, -0.1) is 0 Å². The molecule has 0 heterocycles. The third kappa shape index (κ3) is 2.43. The number of aryl methyl sites for hydroxylation is 1. The molecule has 92 valence electrons. The number of carbonyl (C=O) groups is 1. The van der Waals surface area contributed by atoms with Gasteiger partial charge in [0.25, 0.3) is 5.91 Å². The second-order valence-electron chi connectivity index (χ2n) is 4.99. The smallest absolute Gasteiger partial charge is 0.253 e. The zero-order valence-electron chi connectivity index (χ0n) is 10.5. The Bertz CT molecular complexity index is 404. The molecule has 0 aromatic heterocycles. The first-order valence-corrected chi connectivity index (χ1v) is 6.25. The number of nitrogen functional groups attached to an aromatic ring is 1. The first-order valence-electron chi connectivity index (χ1n) is 6.25. The number of anilines is 1. The summed E-state index contributed by atoms with van der Waals surface area (Å²) >= 11 is 0. The Morgan fingerprint density at radius 3 is 2.71 bits per heavy atom. The molecular formula is C14H20N2O. The van der Waals surface area contributed by atoms with Crippen LogP contribution in [0.1, 0.15) is 42.1 Å². The second-order valence-corrected chi connectivity index (χ2v) is 4.99. The van der Waals surface area contributed by atoms with Gasteiger partial charge in [0.1, 0.15) is 0 Å². The minimum Gasteiger partial charge on any atom is -0.398 e. The molecule has 1 amide bonds. The van der Waals surface area contributed by atoms with Crippen molar-refractivity contribution in [1.82, 2.24) is 5.32 Å². The lowest BCUT2D eigenvalue weighted by atomic mass is 9.80. The maximum absolute atomic E-state index is 12.2. The molecule has 1 aromatic carbocycles. The third-order valence-corrected chi connectivity index (χ3v) is 3.75. The molecule has 0 spiro atoms. The Kier molecular flexibility index (Phi) is 3.36. The highest BCUT2D eigenvalue weighted by Gasteiger charge is 2.26. The molecule has 1 fully saturated rings. The van der Waals surface area contributed by atoms with E-state index in [0.29, 0.717) is 17.2 Å². The van der Waals surface area contributed by atoms with Gasteiger partial charge in [-0.2, -0.15) is 0 Å². The van der Waals surface area contributed by atoms with Crippen LogP contribution in [0.3, 0.4) is 0 Å². The maximum atomic E-state index is 12.2. The topological polar surface area (TPSA) is 55.1 Å². The highest BCUT2D eigenvalue weighted by molar-refractivity contribution is 6.00. The summed E-state index contributed by atoms with van der Waals surface area (Å²) in [5.74, 6) is 0.601. The molecule has 1 aliphatic carbocycles. The van der Waals surface area contributed by atoms with Gasteiger partial charge in [-0.1, -0.05) is 18.6 Å². The fourth-order valence-corrected chi connectivity index (χ4v) is 2.34. The summed E-state index contributed by atoms with van der Waals surface area (Å²) in [7, 11) is 0. The summed E-state index contributed by atoms with van der Waals surface area (Å²) in [4.78, 5) is 12.2. The van der Waals surface area contributed by atoms with Crippen LogP contribution in [-0.4, -0.2) is 11.9 Å². The predicted octanol–water partition coefficient (Wildman–Crippen LogP) is 2.50. The number of hydrogen-bond donors (Lipinski definition) is 2. The van der Waals surface area contributed by atoms with Crippen LogP contribution in [0.25, 0.3) is 0 Å². The minimum atomic E-state index is -0.0417. The van der Waals surface area contributed by atoms with Gasteiger partial charge in [-0.3, -0.25) is 4.79 Å². The van der Waals surface area contributed by atoms with E-state index in [1.807, 2.05) is 19.1 Å². The van der Waals surface area contributed by atoms with E-state index in [1.165, 1.54) is 19.3 Å². The van der Waals surface area contributed by atoms with Gasteiger partial charge < -0.3 is 11.1 Å². The molecule has 3 heteroatoms. The van der Waals surface area contributed by atoms with Crippen molar-refractivity contribution in [2.75, 3.05) is 5.73 Å². The van der Waals surface area contributed by atoms with Crippen molar-refractivity contribution in [2.45, 2.75) is 39.2 Å². The van der Waals surface area contributed by atoms with Crippen molar-refractivity contribution >= 4 is 11.6 Å². The Morgan fingerprint density at radius 1 is 1.47 bits per heavy atom. The molecule has 2 rings (SSSR count). The van der Waals surface area contributed by atoms with Gasteiger partial charge in [0.15, 0.2) is 0 Å². The van der Waals surface area contributed by atoms with Gasteiger partial charge in [0.2, 0.25) is 0 Å². The Balaban J connectivity index is 2.08. The second kappa shape index (κ2) is 4.78. The minimum absolute atomic E-state index is 0.0417. The summed E-state index contributed by atoms with van der Waals surface area (Å²) in [5.41, 5.74) is 7.98. The molecule has 1 saturated carbocycles. The summed E-state index contributed by atoms with van der Waals surface area (Å²) < 4.78 is 0. The number of benzene rings is 1. The Morgan fingerprint density at radius 2 is 2.18 bits per heavy atom. The van der Waals surface area contributed by atoms with Crippen molar-refractivity contribution in [2.24, 2.45) is 5.92 Å². The zero-order chi connectivity index (χ0) is 12.4. The molecule has 1 aliphatic rings. The Hall–Kier alpha value is -1.51. The van der Waals surface area contributed by atoms with E-state index in [2.05, 4.69) is 12.2 Å². The van der Waals surface area contributed by atoms with E-state index in [1.54, 1.807) is 6.07 Å². The third-order valence-electron chi connectivity index (χ3n) is 3.75. The molecule has 3 N–H and O–H groups in total. The average Bonchev–Trinajstić information content (AvgIpc) is 2.13. The van der Waals surface area contributed by atoms with Crippen molar-refractivity contribution < 1.29 is 4.79 Å². The fourth-order valence-electron chi connectivity index (χ4n) is 2.34. The van der Waals surface area contributed by atoms with Gasteiger partial charge in [-0.05, 0) is 44.2 Å². The first-order chi connectivity index (χ1) is 8.09. The van der Waals surface area contributed by atoms with Crippen molar-refractivity contribution in [3.8, 4) is 0 Å². The van der Waals surface area contributed by atoms with Gasteiger partial charge >= 0.3 is 0 Å². The molecule has 0 bridgehead atoms. The molecule has 1 aromatic rings. The normalized spacial score (nSPS) is 17.3. The highest BCUT2D eigenvalue weighted by Crippen LogP contribution is 2.29. The van der Waals surface area contributed by atoms with E-state index in [9.17, 15) is 4.79 Å². The van der Waals surface area contributed by atoms with Gasteiger partial charge in [0.05, 0.1) is 5.56 Å². The lowest BCUT2D eigenvalue weighted by Crippen LogP contribution is -2.41. The van der Waals surface area contributed by atoms with E-state index in [0.717, 1.165) is 5.56 Å². The van der Waals surface area contributed by atoms with Crippen molar-refractivity contribution in [3.63, 3.8) is 0 Å². The summed E-state index contributed by atoms with van der Waals surface area (Å²) in [6.45, 7) is 4.00. The Labute approximate surface area is 102 Å². The maximum Gasteiger partial charge on any atom is 0.253 e. The zero-order valence-corrected chi connectivity index (χ0v) is 10.5. The quantitative estimate of drug-likeness (QED) is 0.787. The number of hydrogen-bond acceptors (Lipinski definition) is 2. The van der Waals surface area contributed by atoms with Crippen molar-refractivity contribution in [1.29, 1.82) is 0 Å². The summed E-state index contributed by atoms with van der Waals surface area (Å²) in [6.07, 6.45) is 3.74. The number of nitrogens with two attached hydrogens (primary N) is 1. The standard InChI is InChI=1S/C14H20N2O/c1-9-5-3-8-12(15)13(9)14(17)16-10(2)11-6-4-7-11/h3,5,8,10-11H,4,6-7,15H2,1-2H3,(H,16,17). The number of amides is 1. The van der Waals surface area contributed by atoms with Crippen LogP contribution >= 0.6 is 0 Å². The average molecular weight is 232 g/mol. The number of carbonyl (C=O) groups excluding carboxylic acids is 1. The molecule has 3 nitrogen and oxygen atoms in total. The molecule has 17 heavy (non-hydrogen) atoms. The van der Waals surface area contributed by atoms with E-state index < -0.39 is 0 Å². The number of rotatable bonds is 3. The molecule has 0 saturated heterocycles. The van der Waals surface area contributed by atoms with Crippen LogP contribution in [0.5, 0.6) is 0 Å². The van der Waals surface area contributed by atoms with Crippen LogP contribution in [0.2, 0.25) is 0 Å². The van der Waals surface area contributed by atoms with Crippen LogP contribution in [0.15, 0.2) is 18.2 Å². The molecule has 1 unspecified atom stereocenters. The van der Waals surface area contributed by atoms with E-state index >= 15 is 0 Å². The molecule has 0 radical (unpaired) electrons. The van der Waals surface area contributed by atoms with E-state index in [4.69, 9.17) is 5.73 Å². The predicted molar refractivity (Wildman–Crippen MR) is 69.9 cm³/mol. The molecule has 0 aliphatic heterocycles. The van der Waals surface area contributed by atoms with Crippen LogP contribution in [-0.2, 0) is 0 Å². The first kappa shape index (κ1) is 12.0. The van der Waals surface area contributed by atoms with Crippen LogP contribution < -0.4 is 11.1 Å².